The highest BCUT2D eigenvalue weighted by molar-refractivity contribution is 7.13. The molecular weight excluding hydrogens is 312 g/mol. The quantitative estimate of drug-likeness (QED) is 0.816. The van der Waals surface area contributed by atoms with Crippen LogP contribution in [0.15, 0.2) is 30.3 Å². The van der Waals surface area contributed by atoms with Gasteiger partial charge in [-0.3, -0.25) is 9.59 Å². The van der Waals surface area contributed by atoms with Crippen molar-refractivity contribution in [3.8, 4) is 0 Å². The number of para-hydroxylation sites is 1. The minimum atomic E-state index is -0.258. The summed E-state index contributed by atoms with van der Waals surface area (Å²) < 4.78 is 0. The second-order valence-electron chi connectivity index (χ2n) is 5.52. The monoisotopic (exact) mass is 330 g/mol. The van der Waals surface area contributed by atoms with Crippen molar-refractivity contribution in [3.63, 3.8) is 0 Å². The van der Waals surface area contributed by atoms with E-state index in [1.165, 1.54) is 11.3 Å². The van der Waals surface area contributed by atoms with Gasteiger partial charge in [-0.15, -0.1) is 10.2 Å². The van der Waals surface area contributed by atoms with Crippen molar-refractivity contribution in [1.82, 2.24) is 15.5 Å². The van der Waals surface area contributed by atoms with Gasteiger partial charge in [0, 0.05) is 24.6 Å². The topological polar surface area (TPSA) is 84.0 Å². The third-order valence-corrected chi connectivity index (χ3v) is 4.41. The first-order valence-electron chi connectivity index (χ1n) is 7.69. The summed E-state index contributed by atoms with van der Waals surface area (Å²) in [6.07, 6.45) is 4.06. The van der Waals surface area contributed by atoms with E-state index >= 15 is 0 Å². The number of hydrogen-bond donors (Lipinski definition) is 2. The molecule has 0 radical (unpaired) electrons. The van der Waals surface area contributed by atoms with E-state index in [0.29, 0.717) is 30.3 Å². The van der Waals surface area contributed by atoms with Gasteiger partial charge in [0.15, 0.2) is 0 Å². The number of carbonyl (C=O) groups is 2. The first-order chi connectivity index (χ1) is 11.2. The lowest BCUT2D eigenvalue weighted by molar-refractivity contribution is -0.121. The lowest BCUT2D eigenvalue weighted by atomic mass is 10.2. The molecule has 0 bridgehead atoms. The molecule has 1 aliphatic carbocycles. The molecule has 0 atom stereocenters. The van der Waals surface area contributed by atoms with Crippen LogP contribution in [0.25, 0.3) is 0 Å². The minimum Gasteiger partial charge on any atom is -0.353 e. The molecule has 1 heterocycles. The number of aromatic nitrogens is 2. The van der Waals surface area contributed by atoms with E-state index in [1.54, 1.807) is 0 Å². The highest BCUT2D eigenvalue weighted by atomic mass is 32.1. The Morgan fingerprint density at radius 3 is 2.70 bits per heavy atom. The second-order valence-corrected chi connectivity index (χ2v) is 6.58. The maximum Gasteiger partial charge on any atom is 0.286 e. The lowest BCUT2D eigenvalue weighted by Crippen LogP contribution is -2.24. The Labute approximate surface area is 138 Å². The molecule has 23 heavy (non-hydrogen) atoms. The molecule has 6 nitrogen and oxygen atoms in total. The maximum atomic E-state index is 12.1. The third kappa shape index (κ3) is 4.85. The smallest absolute Gasteiger partial charge is 0.286 e. The van der Waals surface area contributed by atoms with Gasteiger partial charge in [0.1, 0.15) is 5.01 Å². The van der Waals surface area contributed by atoms with Crippen LogP contribution in [0, 0.1) is 0 Å². The molecule has 0 unspecified atom stereocenters. The molecule has 1 aliphatic rings. The highest BCUT2D eigenvalue weighted by Gasteiger charge is 2.22. The zero-order chi connectivity index (χ0) is 16.1. The Morgan fingerprint density at radius 2 is 1.96 bits per heavy atom. The minimum absolute atomic E-state index is 0.0964. The molecule has 0 spiro atoms. The van der Waals surface area contributed by atoms with Gasteiger partial charge in [0.05, 0.1) is 0 Å². The first-order valence-corrected chi connectivity index (χ1v) is 8.50. The van der Waals surface area contributed by atoms with Crippen LogP contribution >= 0.6 is 11.3 Å². The predicted molar refractivity (Wildman–Crippen MR) is 88.4 cm³/mol. The molecule has 1 saturated carbocycles. The van der Waals surface area contributed by atoms with Crippen LogP contribution in [-0.2, 0) is 11.2 Å². The van der Waals surface area contributed by atoms with Crippen molar-refractivity contribution in [2.45, 2.75) is 38.1 Å². The van der Waals surface area contributed by atoms with Gasteiger partial charge in [0.2, 0.25) is 10.9 Å². The van der Waals surface area contributed by atoms with Crippen LogP contribution in [0.5, 0.6) is 0 Å². The summed E-state index contributed by atoms with van der Waals surface area (Å²) in [5.74, 6) is -0.162. The first kappa shape index (κ1) is 15.6. The molecule has 3 rings (SSSR count). The Balaban J connectivity index is 1.45. The van der Waals surface area contributed by atoms with Gasteiger partial charge in [0.25, 0.3) is 5.91 Å². The Hall–Kier alpha value is -2.28. The van der Waals surface area contributed by atoms with Crippen LogP contribution in [0.2, 0.25) is 0 Å². The van der Waals surface area contributed by atoms with Crippen molar-refractivity contribution >= 4 is 28.8 Å². The Kier molecular flexibility index (Phi) is 4.97. The van der Waals surface area contributed by atoms with Crippen LogP contribution in [0.1, 0.15) is 40.5 Å². The van der Waals surface area contributed by atoms with Crippen molar-refractivity contribution in [2.24, 2.45) is 0 Å². The zero-order valence-electron chi connectivity index (χ0n) is 12.6. The van der Waals surface area contributed by atoms with E-state index in [1.807, 2.05) is 30.3 Å². The summed E-state index contributed by atoms with van der Waals surface area (Å²) in [6, 6.07) is 9.63. The summed E-state index contributed by atoms with van der Waals surface area (Å²) in [5.41, 5.74) is 0.728. The van der Waals surface area contributed by atoms with E-state index < -0.39 is 0 Å². The molecule has 2 amide bonds. The van der Waals surface area contributed by atoms with E-state index in [2.05, 4.69) is 20.8 Å². The van der Waals surface area contributed by atoms with Crippen molar-refractivity contribution in [2.75, 3.05) is 5.32 Å². The fourth-order valence-electron chi connectivity index (χ4n) is 2.08. The fraction of sp³-hybridized carbons (Fsp3) is 0.375. The lowest BCUT2D eigenvalue weighted by Gasteiger charge is -2.01. The van der Waals surface area contributed by atoms with Crippen molar-refractivity contribution in [3.05, 3.63) is 40.3 Å². The van der Waals surface area contributed by atoms with Gasteiger partial charge >= 0.3 is 0 Å². The maximum absolute atomic E-state index is 12.1. The molecule has 1 fully saturated rings. The van der Waals surface area contributed by atoms with Gasteiger partial charge < -0.3 is 10.6 Å². The number of aryl methyl sites for hydroxylation is 1. The number of hydrogen-bond acceptors (Lipinski definition) is 5. The largest absolute Gasteiger partial charge is 0.353 e. The number of benzene rings is 1. The number of nitrogens with zero attached hydrogens (tertiary/aromatic N) is 2. The average Bonchev–Trinajstić information content (AvgIpc) is 3.23. The summed E-state index contributed by atoms with van der Waals surface area (Å²) in [5, 5.41) is 14.8. The zero-order valence-corrected chi connectivity index (χ0v) is 13.4. The van der Waals surface area contributed by atoms with Crippen molar-refractivity contribution in [1.29, 1.82) is 0 Å². The SMILES string of the molecule is O=C(CCCc1nnc(C(=O)Nc2ccccc2)s1)NC1CC1. The number of carbonyl (C=O) groups excluding carboxylic acids is 2. The number of anilines is 1. The Morgan fingerprint density at radius 1 is 1.17 bits per heavy atom. The third-order valence-electron chi connectivity index (χ3n) is 3.43. The van der Waals surface area contributed by atoms with Gasteiger partial charge in [-0.25, -0.2) is 0 Å². The predicted octanol–water partition coefficient (Wildman–Crippen LogP) is 2.39. The van der Waals surface area contributed by atoms with E-state index in [9.17, 15) is 9.59 Å². The summed E-state index contributed by atoms with van der Waals surface area (Å²) >= 11 is 1.27. The molecule has 7 heteroatoms. The fourth-order valence-corrected chi connectivity index (χ4v) is 2.86. The summed E-state index contributed by atoms with van der Waals surface area (Å²) in [7, 11) is 0. The molecule has 2 aromatic rings. The van der Waals surface area contributed by atoms with E-state index in [0.717, 1.165) is 23.5 Å². The molecule has 0 saturated heterocycles. The second kappa shape index (κ2) is 7.32. The molecule has 2 N–H and O–H groups in total. The van der Waals surface area contributed by atoms with Crippen LogP contribution in [-0.4, -0.2) is 28.1 Å². The van der Waals surface area contributed by atoms with Gasteiger partial charge in [-0.1, -0.05) is 29.5 Å². The standard InChI is InChI=1S/C16H18N4O2S/c21-13(17-12-9-10-12)7-4-8-14-19-20-16(23-14)15(22)18-11-5-2-1-3-6-11/h1-3,5-6,12H,4,7-10H2,(H,17,21)(H,18,22). The summed E-state index contributed by atoms with van der Waals surface area (Å²) in [4.78, 5) is 23.7. The molecule has 120 valence electrons. The molecule has 0 aliphatic heterocycles. The Bertz CT molecular complexity index is 682. The average molecular weight is 330 g/mol. The van der Waals surface area contributed by atoms with Crippen molar-refractivity contribution < 1.29 is 9.59 Å². The number of rotatable bonds is 7. The molecule has 1 aromatic heterocycles. The van der Waals surface area contributed by atoms with E-state index in [-0.39, 0.29) is 11.8 Å². The van der Waals surface area contributed by atoms with Gasteiger partial charge in [-0.2, -0.15) is 0 Å². The molecule has 1 aromatic carbocycles. The van der Waals surface area contributed by atoms with E-state index in [4.69, 9.17) is 0 Å². The molecular formula is C16H18N4O2S. The summed E-state index contributed by atoms with van der Waals surface area (Å²) in [6.45, 7) is 0. The van der Waals surface area contributed by atoms with Gasteiger partial charge in [-0.05, 0) is 31.4 Å². The normalized spacial score (nSPS) is 13.6. The van der Waals surface area contributed by atoms with Crippen LogP contribution < -0.4 is 10.6 Å². The van der Waals surface area contributed by atoms with Crippen LogP contribution in [0.3, 0.4) is 0 Å². The number of amides is 2. The van der Waals surface area contributed by atoms with Crippen LogP contribution in [0.4, 0.5) is 5.69 Å². The number of nitrogens with one attached hydrogen (secondary N) is 2. The highest BCUT2D eigenvalue weighted by Crippen LogP contribution is 2.19.